The van der Waals surface area contributed by atoms with E-state index in [1.165, 1.54) is 25.7 Å². The lowest BCUT2D eigenvalue weighted by Gasteiger charge is -2.42. The fourth-order valence-corrected chi connectivity index (χ4v) is 3.85. The molecule has 2 nitrogen and oxygen atoms in total. The monoisotopic (exact) mass is 226 g/mol. The Morgan fingerprint density at radius 1 is 1.00 bits per heavy atom. The smallest absolute Gasteiger partial charge is 0.0594 e. The normalized spacial score (nSPS) is 40.5. The van der Waals surface area contributed by atoms with Gasteiger partial charge in [0.1, 0.15) is 0 Å². The van der Waals surface area contributed by atoms with Crippen molar-refractivity contribution >= 4 is 0 Å². The Bertz CT molecular complexity index is 231. The lowest BCUT2D eigenvalue weighted by atomic mass is 9.65. The van der Waals surface area contributed by atoms with Crippen LogP contribution in [0, 0.1) is 17.8 Å². The molecule has 2 aliphatic carbocycles. The van der Waals surface area contributed by atoms with Crippen LogP contribution < -0.4 is 0 Å². The predicted molar refractivity (Wildman–Crippen MR) is 65.1 cm³/mol. The molecule has 0 aromatic carbocycles. The van der Waals surface area contributed by atoms with E-state index >= 15 is 0 Å². The van der Waals surface area contributed by atoms with Gasteiger partial charge in [0, 0.05) is 0 Å². The molecule has 0 saturated heterocycles. The highest BCUT2D eigenvalue weighted by molar-refractivity contribution is 4.87. The molecule has 2 saturated carbocycles. The molecule has 2 rings (SSSR count). The summed E-state index contributed by atoms with van der Waals surface area (Å²) in [5.74, 6) is 2.29. The van der Waals surface area contributed by atoms with Crippen molar-refractivity contribution in [3.8, 4) is 0 Å². The Hall–Kier alpha value is -0.0800. The van der Waals surface area contributed by atoms with Crippen molar-refractivity contribution in [3.63, 3.8) is 0 Å². The second kappa shape index (κ2) is 4.66. The molecule has 4 unspecified atom stereocenters. The minimum Gasteiger partial charge on any atom is -0.393 e. The number of fused-ring (bicyclic) bond motifs is 1. The molecule has 0 aliphatic heterocycles. The minimum absolute atomic E-state index is 0.0351. The lowest BCUT2D eigenvalue weighted by Crippen LogP contribution is -2.35. The minimum atomic E-state index is -0.508. The van der Waals surface area contributed by atoms with Gasteiger partial charge in [0.05, 0.1) is 11.7 Å². The molecule has 2 heteroatoms. The summed E-state index contributed by atoms with van der Waals surface area (Å²) in [6.07, 6.45) is 7.93. The lowest BCUT2D eigenvalue weighted by molar-refractivity contribution is 0.00492. The summed E-state index contributed by atoms with van der Waals surface area (Å²) in [5, 5.41) is 19.5. The van der Waals surface area contributed by atoms with Crippen LogP contribution >= 0.6 is 0 Å². The topological polar surface area (TPSA) is 40.5 Å². The van der Waals surface area contributed by atoms with Crippen LogP contribution in [-0.4, -0.2) is 21.9 Å². The van der Waals surface area contributed by atoms with Crippen molar-refractivity contribution in [2.24, 2.45) is 17.8 Å². The molecule has 0 aromatic rings. The van der Waals surface area contributed by atoms with Crippen molar-refractivity contribution in [3.05, 3.63) is 0 Å². The molecule has 0 spiro atoms. The maximum absolute atomic E-state index is 9.87. The fourth-order valence-electron chi connectivity index (χ4n) is 3.85. The Balaban J connectivity index is 1.86. The van der Waals surface area contributed by atoms with Gasteiger partial charge in [0.15, 0.2) is 0 Å². The molecule has 94 valence electrons. The highest BCUT2D eigenvalue weighted by Crippen LogP contribution is 2.44. The maximum atomic E-state index is 9.87. The molecule has 2 fully saturated rings. The third kappa shape index (κ3) is 3.21. The van der Waals surface area contributed by atoms with Crippen LogP contribution in [0.25, 0.3) is 0 Å². The van der Waals surface area contributed by atoms with Crippen LogP contribution in [0.5, 0.6) is 0 Å². The summed E-state index contributed by atoms with van der Waals surface area (Å²) in [7, 11) is 0. The average Bonchev–Trinajstić information content (AvgIpc) is 2.16. The molecule has 0 heterocycles. The first-order valence-electron chi connectivity index (χ1n) is 6.84. The highest BCUT2D eigenvalue weighted by atomic mass is 16.3. The second-order valence-electron chi connectivity index (χ2n) is 6.68. The van der Waals surface area contributed by atoms with Crippen LogP contribution in [0.4, 0.5) is 0 Å². The summed E-state index contributed by atoms with van der Waals surface area (Å²) in [4.78, 5) is 0. The van der Waals surface area contributed by atoms with Crippen LogP contribution in [0.1, 0.15) is 58.8 Å². The summed E-state index contributed by atoms with van der Waals surface area (Å²) in [6, 6.07) is 0. The molecule has 2 N–H and O–H groups in total. The molecule has 4 atom stereocenters. The molecule has 0 bridgehead atoms. The number of hydrogen-bond donors (Lipinski definition) is 2. The molecular weight excluding hydrogens is 200 g/mol. The van der Waals surface area contributed by atoms with E-state index in [1.807, 2.05) is 13.8 Å². The molecule has 0 radical (unpaired) electrons. The summed E-state index contributed by atoms with van der Waals surface area (Å²) in [5.41, 5.74) is -0.508. The number of hydrogen-bond acceptors (Lipinski definition) is 2. The van der Waals surface area contributed by atoms with E-state index in [1.54, 1.807) is 0 Å². The van der Waals surface area contributed by atoms with E-state index < -0.39 is 5.60 Å². The fraction of sp³-hybridized carbons (Fsp3) is 1.00. The van der Waals surface area contributed by atoms with Crippen LogP contribution in [-0.2, 0) is 0 Å². The van der Waals surface area contributed by atoms with Gasteiger partial charge in [-0.3, -0.25) is 0 Å². The quantitative estimate of drug-likeness (QED) is 0.760. The van der Waals surface area contributed by atoms with Gasteiger partial charge in [-0.05, 0) is 70.1 Å². The first-order chi connectivity index (χ1) is 7.44. The second-order valence-corrected chi connectivity index (χ2v) is 6.68. The van der Waals surface area contributed by atoms with Crippen molar-refractivity contribution in [1.82, 2.24) is 0 Å². The van der Waals surface area contributed by atoms with Crippen LogP contribution in [0.3, 0.4) is 0 Å². The van der Waals surface area contributed by atoms with E-state index in [9.17, 15) is 10.2 Å². The Morgan fingerprint density at radius 2 is 1.62 bits per heavy atom. The van der Waals surface area contributed by atoms with Gasteiger partial charge in [-0.2, -0.15) is 0 Å². The zero-order chi connectivity index (χ0) is 11.8. The van der Waals surface area contributed by atoms with E-state index in [4.69, 9.17) is 0 Å². The number of aliphatic hydroxyl groups is 2. The number of rotatable bonds is 2. The molecular formula is C14H26O2. The summed E-state index contributed by atoms with van der Waals surface area (Å²) in [6.45, 7) is 3.84. The first kappa shape index (κ1) is 12.4. The highest BCUT2D eigenvalue weighted by Gasteiger charge is 2.36. The Morgan fingerprint density at radius 3 is 2.31 bits per heavy atom. The van der Waals surface area contributed by atoms with Gasteiger partial charge in [-0.1, -0.05) is 6.42 Å². The third-order valence-corrected chi connectivity index (χ3v) is 4.48. The zero-order valence-corrected chi connectivity index (χ0v) is 10.7. The summed E-state index contributed by atoms with van der Waals surface area (Å²) < 4.78 is 0. The van der Waals surface area contributed by atoms with Crippen LogP contribution in [0.2, 0.25) is 0 Å². The Kier molecular flexibility index (Phi) is 3.60. The van der Waals surface area contributed by atoms with E-state index in [0.717, 1.165) is 31.1 Å². The summed E-state index contributed by atoms with van der Waals surface area (Å²) >= 11 is 0. The van der Waals surface area contributed by atoms with Gasteiger partial charge in [0.2, 0.25) is 0 Å². The largest absolute Gasteiger partial charge is 0.393 e. The SMILES string of the molecule is CC(C)(O)CC1CCC2CC(O)CCC2C1. The predicted octanol–water partition coefficient (Wildman–Crippen LogP) is 2.72. The molecule has 0 aromatic heterocycles. The maximum Gasteiger partial charge on any atom is 0.0594 e. The van der Waals surface area contributed by atoms with Gasteiger partial charge < -0.3 is 10.2 Å². The van der Waals surface area contributed by atoms with E-state index in [-0.39, 0.29) is 6.10 Å². The van der Waals surface area contributed by atoms with Gasteiger partial charge in [-0.25, -0.2) is 0 Å². The van der Waals surface area contributed by atoms with Gasteiger partial charge in [0.25, 0.3) is 0 Å². The standard InChI is InChI=1S/C14H26O2/c1-14(2,16)9-10-3-4-12-8-13(15)6-5-11(12)7-10/h10-13,15-16H,3-9H2,1-2H3. The van der Waals surface area contributed by atoms with Crippen molar-refractivity contribution in [1.29, 1.82) is 0 Å². The van der Waals surface area contributed by atoms with Gasteiger partial charge in [-0.15, -0.1) is 0 Å². The molecule has 0 amide bonds. The van der Waals surface area contributed by atoms with Crippen molar-refractivity contribution in [2.45, 2.75) is 70.5 Å². The van der Waals surface area contributed by atoms with Crippen molar-refractivity contribution in [2.75, 3.05) is 0 Å². The first-order valence-corrected chi connectivity index (χ1v) is 6.84. The average molecular weight is 226 g/mol. The third-order valence-electron chi connectivity index (χ3n) is 4.48. The molecule has 16 heavy (non-hydrogen) atoms. The van der Waals surface area contributed by atoms with E-state index in [2.05, 4.69) is 0 Å². The van der Waals surface area contributed by atoms with Gasteiger partial charge >= 0.3 is 0 Å². The van der Waals surface area contributed by atoms with Crippen molar-refractivity contribution < 1.29 is 10.2 Å². The zero-order valence-electron chi connectivity index (χ0n) is 10.7. The Labute approximate surface area is 99.1 Å². The van der Waals surface area contributed by atoms with Crippen LogP contribution in [0.15, 0.2) is 0 Å². The number of aliphatic hydroxyl groups excluding tert-OH is 1. The molecule has 2 aliphatic rings. The van der Waals surface area contributed by atoms with E-state index in [0.29, 0.717) is 5.92 Å².